The minimum atomic E-state index is -4.58. The van der Waals surface area contributed by atoms with E-state index in [4.69, 9.17) is 4.74 Å². The van der Waals surface area contributed by atoms with E-state index in [0.29, 0.717) is 38.8 Å². The Hall–Kier alpha value is -1.19. The lowest BCUT2D eigenvalue weighted by Gasteiger charge is -2.21. The van der Waals surface area contributed by atoms with Gasteiger partial charge in [-0.25, -0.2) is 8.42 Å². The maximum atomic E-state index is 12.5. The summed E-state index contributed by atoms with van der Waals surface area (Å²) < 4.78 is 69.1. The molecule has 9 heteroatoms. The van der Waals surface area contributed by atoms with Gasteiger partial charge in [0.1, 0.15) is 10.6 Å². The first kappa shape index (κ1) is 15.7. The summed E-state index contributed by atoms with van der Waals surface area (Å²) in [6.07, 6.45) is -2.29. The second-order valence-electron chi connectivity index (χ2n) is 5.77. The quantitative estimate of drug-likeness (QED) is 0.828. The maximum absolute atomic E-state index is 12.5. The van der Waals surface area contributed by atoms with Crippen LogP contribution in [0.15, 0.2) is 23.2 Å². The summed E-state index contributed by atoms with van der Waals surface area (Å²) in [5, 5.41) is 0. The molecule has 0 aliphatic carbocycles. The molecular weight excluding hydrogens is 321 g/mol. The Morgan fingerprint density at radius 2 is 2.05 bits per heavy atom. The molecule has 0 N–H and O–H groups in total. The Labute approximate surface area is 126 Å². The SMILES string of the molecule is O=S(=O)(c1ccc(C(F)(F)F)nc1)N1CC[C@@]2(CCOC2)C1. The van der Waals surface area contributed by atoms with Crippen molar-refractivity contribution in [3.05, 3.63) is 24.0 Å². The van der Waals surface area contributed by atoms with E-state index in [1.54, 1.807) is 0 Å². The highest BCUT2D eigenvalue weighted by atomic mass is 32.2. The van der Waals surface area contributed by atoms with Gasteiger partial charge in [-0.3, -0.25) is 4.98 Å². The largest absolute Gasteiger partial charge is 0.433 e. The van der Waals surface area contributed by atoms with Crippen LogP contribution in [0.3, 0.4) is 0 Å². The van der Waals surface area contributed by atoms with Crippen molar-refractivity contribution in [2.45, 2.75) is 23.9 Å². The molecule has 0 aromatic carbocycles. The summed E-state index contributed by atoms with van der Waals surface area (Å²) in [6.45, 7) is 1.85. The molecule has 0 radical (unpaired) electrons. The molecule has 0 bridgehead atoms. The summed E-state index contributed by atoms with van der Waals surface area (Å²) >= 11 is 0. The number of hydrogen-bond acceptors (Lipinski definition) is 4. The van der Waals surface area contributed by atoms with Gasteiger partial charge in [-0.15, -0.1) is 0 Å². The van der Waals surface area contributed by atoms with Crippen molar-refractivity contribution >= 4 is 10.0 Å². The summed E-state index contributed by atoms with van der Waals surface area (Å²) in [5.41, 5.74) is -1.25. The monoisotopic (exact) mass is 336 g/mol. The summed E-state index contributed by atoms with van der Waals surface area (Å²) in [6, 6.07) is 1.65. The molecule has 1 spiro atoms. The van der Waals surface area contributed by atoms with Gasteiger partial charge in [-0.1, -0.05) is 0 Å². The van der Waals surface area contributed by atoms with Crippen LogP contribution in [0.1, 0.15) is 18.5 Å². The number of alkyl halides is 3. The van der Waals surface area contributed by atoms with E-state index in [2.05, 4.69) is 4.98 Å². The van der Waals surface area contributed by atoms with E-state index < -0.39 is 21.9 Å². The van der Waals surface area contributed by atoms with E-state index in [9.17, 15) is 21.6 Å². The third kappa shape index (κ3) is 2.72. The number of aromatic nitrogens is 1. The van der Waals surface area contributed by atoms with Crippen molar-refractivity contribution in [2.24, 2.45) is 5.41 Å². The fourth-order valence-corrected chi connectivity index (χ4v) is 4.42. The van der Waals surface area contributed by atoms with Crippen molar-refractivity contribution in [3.63, 3.8) is 0 Å². The number of nitrogens with zero attached hydrogens (tertiary/aromatic N) is 2. The predicted octanol–water partition coefficient (Wildman–Crippen LogP) is 1.90. The van der Waals surface area contributed by atoms with Crippen molar-refractivity contribution in [1.82, 2.24) is 9.29 Å². The van der Waals surface area contributed by atoms with Crippen LogP contribution in [0.25, 0.3) is 0 Å². The van der Waals surface area contributed by atoms with Crippen molar-refractivity contribution in [1.29, 1.82) is 0 Å². The molecule has 2 aliphatic rings. The lowest BCUT2D eigenvalue weighted by Crippen LogP contribution is -2.32. The Bertz CT molecular complexity index is 652. The van der Waals surface area contributed by atoms with Gasteiger partial charge in [-0.05, 0) is 25.0 Å². The van der Waals surface area contributed by atoms with Gasteiger partial charge < -0.3 is 4.74 Å². The molecule has 2 aliphatic heterocycles. The van der Waals surface area contributed by atoms with E-state index in [1.165, 1.54) is 4.31 Å². The zero-order valence-corrected chi connectivity index (χ0v) is 12.5. The average molecular weight is 336 g/mol. The molecule has 1 aromatic heterocycles. The van der Waals surface area contributed by atoms with Crippen LogP contribution in [-0.2, 0) is 20.9 Å². The van der Waals surface area contributed by atoms with Crippen LogP contribution in [0.5, 0.6) is 0 Å². The van der Waals surface area contributed by atoms with E-state index in [-0.39, 0.29) is 10.3 Å². The topological polar surface area (TPSA) is 59.5 Å². The molecule has 0 amide bonds. The van der Waals surface area contributed by atoms with Crippen molar-refractivity contribution in [2.75, 3.05) is 26.3 Å². The summed E-state index contributed by atoms with van der Waals surface area (Å²) in [4.78, 5) is 3.01. The van der Waals surface area contributed by atoms with Gasteiger partial charge in [0.2, 0.25) is 10.0 Å². The first-order valence-electron chi connectivity index (χ1n) is 6.84. The lowest BCUT2D eigenvalue weighted by molar-refractivity contribution is -0.141. The smallest absolute Gasteiger partial charge is 0.381 e. The molecule has 1 aromatic rings. The zero-order chi connectivity index (χ0) is 16.0. The molecule has 1 atom stereocenters. The van der Waals surface area contributed by atoms with E-state index in [0.717, 1.165) is 18.7 Å². The first-order chi connectivity index (χ1) is 10.2. The van der Waals surface area contributed by atoms with Crippen LogP contribution in [0.4, 0.5) is 13.2 Å². The normalized spacial score (nSPS) is 26.9. The second kappa shape index (κ2) is 5.17. The van der Waals surface area contributed by atoms with Gasteiger partial charge in [0.25, 0.3) is 0 Å². The molecule has 3 rings (SSSR count). The number of ether oxygens (including phenoxy) is 1. The third-order valence-corrected chi connectivity index (χ3v) is 6.08. The number of halogens is 3. The molecule has 2 fully saturated rings. The molecule has 5 nitrogen and oxygen atoms in total. The molecule has 0 unspecified atom stereocenters. The van der Waals surface area contributed by atoms with Crippen LogP contribution >= 0.6 is 0 Å². The summed E-state index contributed by atoms with van der Waals surface area (Å²) in [7, 11) is -3.82. The fourth-order valence-electron chi connectivity index (χ4n) is 2.92. The Morgan fingerprint density at radius 3 is 2.59 bits per heavy atom. The van der Waals surface area contributed by atoms with Crippen molar-refractivity contribution in [3.8, 4) is 0 Å². The van der Waals surface area contributed by atoms with E-state index in [1.807, 2.05) is 0 Å². The average Bonchev–Trinajstić information content (AvgIpc) is 3.09. The predicted molar refractivity (Wildman–Crippen MR) is 70.5 cm³/mol. The van der Waals surface area contributed by atoms with Gasteiger partial charge in [0.05, 0.1) is 6.61 Å². The minimum Gasteiger partial charge on any atom is -0.381 e. The van der Waals surface area contributed by atoms with Crippen LogP contribution in [-0.4, -0.2) is 44.0 Å². The molecule has 0 saturated carbocycles. The molecular formula is C13H15F3N2O3S. The van der Waals surface area contributed by atoms with Crippen LogP contribution in [0, 0.1) is 5.41 Å². The van der Waals surface area contributed by atoms with Gasteiger partial charge in [-0.2, -0.15) is 17.5 Å². The van der Waals surface area contributed by atoms with Gasteiger partial charge in [0.15, 0.2) is 0 Å². The fraction of sp³-hybridized carbons (Fsp3) is 0.615. The molecule has 122 valence electrons. The Kier molecular flexibility index (Phi) is 3.69. The number of rotatable bonds is 2. The molecule has 3 heterocycles. The zero-order valence-electron chi connectivity index (χ0n) is 11.6. The van der Waals surface area contributed by atoms with Crippen molar-refractivity contribution < 1.29 is 26.3 Å². The summed E-state index contributed by atoms with van der Waals surface area (Å²) in [5.74, 6) is 0. The highest BCUT2D eigenvalue weighted by molar-refractivity contribution is 7.89. The number of pyridine rings is 1. The second-order valence-corrected chi connectivity index (χ2v) is 7.71. The van der Waals surface area contributed by atoms with Gasteiger partial charge >= 0.3 is 6.18 Å². The van der Waals surface area contributed by atoms with Crippen LogP contribution < -0.4 is 0 Å². The number of hydrogen-bond donors (Lipinski definition) is 0. The lowest BCUT2D eigenvalue weighted by atomic mass is 9.87. The number of sulfonamides is 1. The van der Waals surface area contributed by atoms with Crippen LogP contribution in [0.2, 0.25) is 0 Å². The maximum Gasteiger partial charge on any atom is 0.433 e. The highest BCUT2D eigenvalue weighted by Gasteiger charge is 2.45. The Balaban J connectivity index is 1.81. The molecule has 2 saturated heterocycles. The highest BCUT2D eigenvalue weighted by Crippen LogP contribution is 2.40. The standard InChI is InChI=1S/C13H15F3N2O3S/c14-13(15,16)11-2-1-10(7-17-11)22(19,20)18-5-3-12(8-18)4-6-21-9-12/h1-2,7H,3-6,8-9H2/t12-/m1/s1. The Morgan fingerprint density at radius 1 is 1.27 bits per heavy atom. The third-order valence-electron chi connectivity index (χ3n) is 4.25. The first-order valence-corrected chi connectivity index (χ1v) is 8.28. The van der Waals surface area contributed by atoms with E-state index >= 15 is 0 Å². The van der Waals surface area contributed by atoms with Gasteiger partial charge in [0, 0.05) is 31.3 Å². The molecule has 22 heavy (non-hydrogen) atoms. The minimum absolute atomic E-state index is 0.146.